The molecule has 2 atom stereocenters. The molecule has 0 saturated carbocycles. The smallest absolute Gasteiger partial charge is 0.253 e. The van der Waals surface area contributed by atoms with Crippen molar-refractivity contribution in [2.75, 3.05) is 46.9 Å². The van der Waals surface area contributed by atoms with Gasteiger partial charge in [-0.05, 0) is 69.6 Å². The van der Waals surface area contributed by atoms with Crippen molar-refractivity contribution in [1.29, 1.82) is 0 Å². The number of carbonyl (C=O) groups excluding carboxylic acids is 1. The van der Waals surface area contributed by atoms with Gasteiger partial charge in [0.1, 0.15) is 0 Å². The van der Waals surface area contributed by atoms with Gasteiger partial charge in [-0.15, -0.1) is 0 Å². The van der Waals surface area contributed by atoms with Gasteiger partial charge in [0.05, 0.1) is 25.5 Å². The van der Waals surface area contributed by atoms with Crippen LogP contribution < -0.4 is 9.47 Å². The quantitative estimate of drug-likeness (QED) is 0.389. The number of ether oxygens (including phenoxy) is 2. The number of nitrogens with zero attached hydrogens (tertiary/aromatic N) is 3. The third-order valence-corrected chi connectivity index (χ3v) is 7.62. The van der Waals surface area contributed by atoms with E-state index >= 15 is 0 Å². The molecular formula is C31H43N3O3. The maximum Gasteiger partial charge on any atom is 0.253 e. The first-order chi connectivity index (χ1) is 18.0. The van der Waals surface area contributed by atoms with Gasteiger partial charge in [0, 0.05) is 42.2 Å². The van der Waals surface area contributed by atoms with E-state index in [9.17, 15) is 4.79 Å². The van der Waals surface area contributed by atoms with Crippen LogP contribution in [0.4, 0.5) is 0 Å². The number of unbranched alkanes of at least 4 members (excludes halogenated alkanes) is 2. The zero-order chi connectivity index (χ0) is 26.4. The van der Waals surface area contributed by atoms with E-state index < -0.39 is 0 Å². The number of amides is 1. The van der Waals surface area contributed by atoms with E-state index in [1.54, 1.807) is 7.11 Å². The summed E-state index contributed by atoms with van der Waals surface area (Å²) < 4.78 is 11.6. The molecule has 2 unspecified atom stereocenters. The molecule has 0 aromatic heterocycles. The van der Waals surface area contributed by atoms with Crippen LogP contribution in [0.15, 0.2) is 41.4 Å². The molecule has 6 heteroatoms. The molecule has 1 amide bonds. The van der Waals surface area contributed by atoms with Gasteiger partial charge in [-0.25, -0.2) is 0 Å². The Labute approximate surface area is 222 Å². The summed E-state index contributed by atoms with van der Waals surface area (Å²) in [4.78, 5) is 23.0. The van der Waals surface area contributed by atoms with Crippen LogP contribution >= 0.6 is 0 Å². The first-order valence-electron chi connectivity index (χ1n) is 14.0. The van der Waals surface area contributed by atoms with Gasteiger partial charge in [-0.1, -0.05) is 38.8 Å². The van der Waals surface area contributed by atoms with E-state index in [-0.39, 0.29) is 11.9 Å². The molecule has 2 aliphatic heterocycles. The van der Waals surface area contributed by atoms with E-state index in [4.69, 9.17) is 14.5 Å². The highest BCUT2D eigenvalue weighted by atomic mass is 16.5. The summed E-state index contributed by atoms with van der Waals surface area (Å²) in [6, 6.07) is 12.5. The van der Waals surface area contributed by atoms with Crippen LogP contribution in [0.2, 0.25) is 0 Å². The molecule has 2 aliphatic rings. The SMILES string of the molecule is CCCCN(CCCC)C(=O)c1ccc(C2=NC3CCN(C)CC3c3cc(OCC)c(OC)cc32)cc1. The topological polar surface area (TPSA) is 54.4 Å². The minimum atomic E-state index is 0.123. The lowest BCUT2D eigenvalue weighted by molar-refractivity contribution is 0.0751. The zero-order valence-electron chi connectivity index (χ0n) is 23.3. The Morgan fingerprint density at radius 1 is 1.05 bits per heavy atom. The second-order valence-corrected chi connectivity index (χ2v) is 10.3. The molecular weight excluding hydrogens is 462 g/mol. The Balaban J connectivity index is 1.68. The Bertz CT molecular complexity index is 1090. The first kappa shape index (κ1) is 27.2. The van der Waals surface area contributed by atoms with Crippen molar-refractivity contribution >= 4 is 11.6 Å². The van der Waals surface area contributed by atoms with Gasteiger partial charge in [0.25, 0.3) is 5.91 Å². The highest BCUT2D eigenvalue weighted by Crippen LogP contribution is 2.42. The fraction of sp³-hybridized carbons (Fsp3) is 0.548. The van der Waals surface area contributed by atoms with Crippen LogP contribution in [0, 0.1) is 0 Å². The van der Waals surface area contributed by atoms with E-state index in [0.717, 1.165) is 92.2 Å². The fourth-order valence-corrected chi connectivity index (χ4v) is 5.51. The predicted molar refractivity (Wildman–Crippen MR) is 151 cm³/mol. The van der Waals surface area contributed by atoms with Gasteiger partial charge in [0.15, 0.2) is 11.5 Å². The number of aliphatic imine (C=N–C) groups is 1. The number of hydrogen-bond donors (Lipinski definition) is 0. The molecule has 2 heterocycles. The number of likely N-dealkylation sites (tertiary alicyclic amines) is 1. The molecule has 37 heavy (non-hydrogen) atoms. The molecule has 1 saturated heterocycles. The van der Waals surface area contributed by atoms with Crippen molar-refractivity contribution in [3.8, 4) is 11.5 Å². The molecule has 200 valence electrons. The number of fused-ring (bicyclic) bond motifs is 3. The molecule has 0 N–H and O–H groups in total. The van der Waals surface area contributed by atoms with Crippen molar-refractivity contribution in [2.24, 2.45) is 4.99 Å². The van der Waals surface area contributed by atoms with Crippen molar-refractivity contribution in [3.63, 3.8) is 0 Å². The van der Waals surface area contributed by atoms with Crippen molar-refractivity contribution in [3.05, 3.63) is 58.7 Å². The summed E-state index contributed by atoms with van der Waals surface area (Å²) in [5, 5.41) is 0. The third-order valence-electron chi connectivity index (χ3n) is 7.62. The Kier molecular flexibility index (Phi) is 9.25. The second-order valence-electron chi connectivity index (χ2n) is 10.3. The first-order valence-corrected chi connectivity index (χ1v) is 14.0. The number of rotatable bonds is 11. The van der Waals surface area contributed by atoms with E-state index in [1.807, 2.05) is 24.0 Å². The average Bonchev–Trinajstić information content (AvgIpc) is 2.92. The Hall–Kier alpha value is -2.86. The molecule has 0 bridgehead atoms. The average molecular weight is 506 g/mol. The standard InChI is InChI=1S/C31H43N3O3/c1-6-9-16-34(17-10-7-2)31(35)23-13-11-22(12-14-23)30-25-20-28(36-5)29(37-8-3)19-24(25)26-21-33(4)18-15-27(26)32-30/h11-14,19-20,26-27H,6-10,15-18,21H2,1-5H3. The Morgan fingerprint density at radius 2 is 1.76 bits per heavy atom. The maximum atomic E-state index is 13.3. The van der Waals surface area contributed by atoms with Gasteiger partial charge in [-0.3, -0.25) is 9.79 Å². The highest BCUT2D eigenvalue weighted by Gasteiger charge is 2.36. The third kappa shape index (κ3) is 6.01. The fourth-order valence-electron chi connectivity index (χ4n) is 5.51. The zero-order valence-corrected chi connectivity index (χ0v) is 23.3. The number of benzene rings is 2. The summed E-state index contributed by atoms with van der Waals surface area (Å²) >= 11 is 0. The van der Waals surface area contributed by atoms with Crippen molar-refractivity contribution in [2.45, 2.75) is 64.8 Å². The molecule has 2 aromatic carbocycles. The molecule has 0 aliphatic carbocycles. The Morgan fingerprint density at radius 3 is 2.38 bits per heavy atom. The van der Waals surface area contributed by atoms with Gasteiger partial charge < -0.3 is 19.3 Å². The van der Waals surface area contributed by atoms with Crippen LogP contribution in [0.25, 0.3) is 0 Å². The van der Waals surface area contributed by atoms with Gasteiger partial charge in [-0.2, -0.15) is 0 Å². The summed E-state index contributed by atoms with van der Waals surface area (Å²) in [6.07, 6.45) is 5.26. The van der Waals surface area contributed by atoms with Gasteiger partial charge >= 0.3 is 0 Å². The monoisotopic (exact) mass is 505 g/mol. The van der Waals surface area contributed by atoms with Crippen LogP contribution in [-0.2, 0) is 0 Å². The molecule has 6 nitrogen and oxygen atoms in total. The summed E-state index contributed by atoms with van der Waals surface area (Å²) in [5.74, 6) is 1.97. The number of hydrogen-bond acceptors (Lipinski definition) is 5. The van der Waals surface area contributed by atoms with Crippen LogP contribution in [0.1, 0.15) is 85.8 Å². The molecule has 0 spiro atoms. The van der Waals surface area contributed by atoms with Crippen molar-refractivity contribution in [1.82, 2.24) is 9.80 Å². The lowest BCUT2D eigenvalue weighted by Gasteiger charge is -2.39. The lowest BCUT2D eigenvalue weighted by Crippen LogP contribution is -2.41. The molecule has 4 rings (SSSR count). The van der Waals surface area contributed by atoms with Crippen LogP contribution in [-0.4, -0.2) is 74.4 Å². The van der Waals surface area contributed by atoms with E-state index in [0.29, 0.717) is 12.5 Å². The van der Waals surface area contributed by atoms with Gasteiger partial charge in [0.2, 0.25) is 0 Å². The number of methoxy groups -OCH3 is 1. The van der Waals surface area contributed by atoms with Crippen molar-refractivity contribution < 1.29 is 14.3 Å². The van der Waals surface area contributed by atoms with E-state index in [1.165, 1.54) is 5.56 Å². The summed E-state index contributed by atoms with van der Waals surface area (Å²) in [5.41, 5.74) is 5.14. The maximum absolute atomic E-state index is 13.3. The highest BCUT2D eigenvalue weighted by molar-refractivity contribution is 6.15. The molecule has 2 aromatic rings. The molecule has 1 fully saturated rings. The lowest BCUT2D eigenvalue weighted by atomic mass is 9.79. The van der Waals surface area contributed by atoms with Crippen LogP contribution in [0.5, 0.6) is 11.5 Å². The van der Waals surface area contributed by atoms with E-state index in [2.05, 4.69) is 50.1 Å². The number of carbonyl (C=O) groups is 1. The predicted octanol–water partition coefficient (Wildman–Crippen LogP) is 5.78. The number of likely N-dealkylation sites (N-methyl/N-ethyl adjacent to an activating group) is 1. The minimum Gasteiger partial charge on any atom is -0.493 e. The largest absolute Gasteiger partial charge is 0.493 e. The summed E-state index contributed by atoms with van der Waals surface area (Å²) in [6.45, 7) is 10.6. The number of piperidine rings is 1. The minimum absolute atomic E-state index is 0.123. The summed E-state index contributed by atoms with van der Waals surface area (Å²) in [7, 11) is 3.87. The normalized spacial score (nSPS) is 19.0. The second kappa shape index (κ2) is 12.6. The molecule has 0 radical (unpaired) electrons. The van der Waals surface area contributed by atoms with Crippen LogP contribution in [0.3, 0.4) is 0 Å².